The number of carbonyl (C=O) groups excluding carboxylic acids is 1. The van der Waals surface area contributed by atoms with Crippen LogP contribution in [-0.2, 0) is 10.0 Å². The van der Waals surface area contributed by atoms with Crippen LogP contribution in [-0.4, -0.2) is 60.9 Å². The topological polar surface area (TPSA) is 66.9 Å². The lowest BCUT2D eigenvalue weighted by Gasteiger charge is -2.43. The predicted octanol–water partition coefficient (Wildman–Crippen LogP) is 3.99. The number of aryl methyl sites for hydroxylation is 3. The predicted molar refractivity (Wildman–Crippen MR) is 128 cm³/mol. The molecule has 8 heteroatoms. The molecule has 2 heterocycles. The van der Waals surface area contributed by atoms with Gasteiger partial charge in [0, 0.05) is 31.0 Å². The minimum Gasteiger partial charge on any atom is -0.497 e. The first kappa shape index (κ1) is 23.1. The summed E-state index contributed by atoms with van der Waals surface area (Å²) >= 11 is 1.78. The Morgan fingerprint density at radius 1 is 1.03 bits per heavy atom. The van der Waals surface area contributed by atoms with Gasteiger partial charge in [-0.1, -0.05) is 23.8 Å². The lowest BCUT2D eigenvalue weighted by atomic mass is 10.0. The van der Waals surface area contributed by atoms with E-state index < -0.39 is 10.0 Å². The lowest BCUT2D eigenvalue weighted by Crippen LogP contribution is -2.53. The van der Waals surface area contributed by atoms with Gasteiger partial charge in [-0.05, 0) is 62.9 Å². The van der Waals surface area contributed by atoms with Gasteiger partial charge in [0.05, 0.1) is 16.9 Å². The third-order valence-electron chi connectivity index (χ3n) is 6.45. The molecule has 6 nitrogen and oxygen atoms in total. The summed E-state index contributed by atoms with van der Waals surface area (Å²) < 4.78 is 33.8. The number of benzene rings is 2. The molecule has 0 saturated carbocycles. The van der Waals surface area contributed by atoms with Gasteiger partial charge in [-0.15, -0.1) is 11.8 Å². The number of sulfonamides is 1. The molecule has 172 valence electrons. The normalized spacial score (nSPS) is 18.8. The first-order valence-corrected chi connectivity index (χ1v) is 13.3. The maximum Gasteiger partial charge on any atom is 0.255 e. The van der Waals surface area contributed by atoms with Crippen LogP contribution in [0.3, 0.4) is 0 Å². The number of rotatable bonds is 4. The molecule has 0 unspecified atom stereocenters. The number of hydrogen-bond acceptors (Lipinski definition) is 5. The highest BCUT2D eigenvalue weighted by molar-refractivity contribution is 8.00. The number of nitrogens with zero attached hydrogens (tertiary/aromatic N) is 2. The fraction of sp³-hybridized carbons (Fsp3) is 0.458. The van der Waals surface area contributed by atoms with Crippen LogP contribution in [0.4, 0.5) is 0 Å². The summed E-state index contributed by atoms with van der Waals surface area (Å²) in [7, 11) is -1.99. The van der Waals surface area contributed by atoms with Crippen LogP contribution in [0.25, 0.3) is 0 Å². The Bertz CT molecular complexity index is 1120. The molecule has 0 bridgehead atoms. The quantitative estimate of drug-likeness (QED) is 0.670. The molecule has 2 aromatic carbocycles. The molecular weight excluding hydrogens is 444 g/mol. The average Bonchev–Trinajstić information content (AvgIpc) is 3.15. The molecule has 32 heavy (non-hydrogen) atoms. The zero-order valence-corrected chi connectivity index (χ0v) is 20.7. The van der Waals surface area contributed by atoms with E-state index in [0.29, 0.717) is 48.7 Å². The SMILES string of the molecule is COc1cccc(C(=O)N2CCSC23CCN(S(=O)(=O)c2c(C)cc(C)cc2C)CC3)c1. The monoisotopic (exact) mass is 474 g/mol. The van der Waals surface area contributed by atoms with Crippen molar-refractivity contribution in [2.45, 2.75) is 43.4 Å². The summed E-state index contributed by atoms with van der Waals surface area (Å²) in [6.07, 6.45) is 1.24. The van der Waals surface area contributed by atoms with Gasteiger partial charge in [0.15, 0.2) is 0 Å². The van der Waals surface area contributed by atoms with Crippen molar-refractivity contribution in [3.05, 3.63) is 58.7 Å². The van der Waals surface area contributed by atoms with Crippen molar-refractivity contribution in [2.24, 2.45) is 0 Å². The minimum atomic E-state index is -3.58. The Morgan fingerprint density at radius 2 is 1.69 bits per heavy atom. The second-order valence-corrected chi connectivity index (χ2v) is 11.9. The highest BCUT2D eigenvalue weighted by Gasteiger charge is 2.48. The average molecular weight is 475 g/mol. The van der Waals surface area contributed by atoms with E-state index in [9.17, 15) is 13.2 Å². The van der Waals surface area contributed by atoms with Crippen LogP contribution in [0.1, 0.15) is 39.9 Å². The van der Waals surface area contributed by atoms with E-state index in [4.69, 9.17) is 4.74 Å². The van der Waals surface area contributed by atoms with Gasteiger partial charge in [-0.3, -0.25) is 4.79 Å². The second kappa shape index (κ2) is 8.72. The Kier molecular flexibility index (Phi) is 6.31. The van der Waals surface area contributed by atoms with Crippen molar-refractivity contribution < 1.29 is 17.9 Å². The van der Waals surface area contributed by atoms with E-state index in [1.807, 2.05) is 56.0 Å². The molecule has 0 aromatic heterocycles. The highest BCUT2D eigenvalue weighted by atomic mass is 32.2. The number of ether oxygens (including phenoxy) is 1. The van der Waals surface area contributed by atoms with E-state index in [-0.39, 0.29) is 10.8 Å². The second-order valence-electron chi connectivity index (χ2n) is 8.62. The number of carbonyl (C=O) groups is 1. The van der Waals surface area contributed by atoms with E-state index in [1.54, 1.807) is 29.2 Å². The van der Waals surface area contributed by atoms with Crippen molar-refractivity contribution in [2.75, 3.05) is 32.5 Å². The van der Waals surface area contributed by atoms with E-state index in [1.165, 1.54) is 0 Å². The summed E-state index contributed by atoms with van der Waals surface area (Å²) in [5.41, 5.74) is 3.23. The van der Waals surface area contributed by atoms with Crippen LogP contribution < -0.4 is 4.74 Å². The molecule has 2 aliphatic rings. The molecule has 2 fully saturated rings. The summed E-state index contributed by atoms with van der Waals surface area (Å²) in [4.78, 5) is 15.3. The fourth-order valence-electron chi connectivity index (χ4n) is 5.00. The molecule has 0 aliphatic carbocycles. The van der Waals surface area contributed by atoms with Gasteiger partial charge in [0.2, 0.25) is 10.0 Å². The highest BCUT2D eigenvalue weighted by Crippen LogP contribution is 2.45. The molecule has 0 N–H and O–H groups in total. The molecule has 1 amide bonds. The van der Waals surface area contributed by atoms with Crippen molar-refractivity contribution in [1.82, 2.24) is 9.21 Å². The summed E-state index contributed by atoms with van der Waals surface area (Å²) in [5, 5.41) is 0. The largest absolute Gasteiger partial charge is 0.497 e. The molecule has 2 saturated heterocycles. The van der Waals surface area contributed by atoms with Crippen LogP contribution in [0, 0.1) is 20.8 Å². The maximum absolute atomic E-state index is 13.5. The molecule has 1 spiro atoms. The molecular formula is C24H30N2O4S2. The lowest BCUT2D eigenvalue weighted by molar-refractivity contribution is 0.0605. The Morgan fingerprint density at radius 3 is 2.31 bits per heavy atom. The number of hydrogen-bond donors (Lipinski definition) is 0. The van der Waals surface area contributed by atoms with Crippen molar-refractivity contribution in [3.63, 3.8) is 0 Å². The molecule has 4 rings (SSSR count). The first-order chi connectivity index (χ1) is 15.2. The number of piperidine rings is 1. The minimum absolute atomic E-state index is 0.0181. The van der Waals surface area contributed by atoms with Crippen LogP contribution in [0.2, 0.25) is 0 Å². The summed E-state index contributed by atoms with van der Waals surface area (Å²) in [6.45, 7) is 7.18. The summed E-state index contributed by atoms with van der Waals surface area (Å²) in [5.74, 6) is 1.50. The third-order valence-corrected chi connectivity index (χ3v) is 10.2. The van der Waals surface area contributed by atoms with Crippen molar-refractivity contribution in [3.8, 4) is 5.75 Å². The van der Waals surface area contributed by atoms with E-state index in [0.717, 1.165) is 22.4 Å². The standard InChI is InChI=1S/C24H30N2O4S2/c1-17-14-18(2)22(19(3)15-17)32(28,29)25-10-8-24(9-11-25)26(12-13-31-24)23(27)20-6-5-7-21(16-20)30-4/h5-7,14-16H,8-13H2,1-4H3. The Labute approximate surface area is 195 Å². The zero-order valence-electron chi connectivity index (χ0n) is 19.1. The molecule has 0 radical (unpaired) electrons. The van der Waals surface area contributed by atoms with Crippen LogP contribution in [0.15, 0.2) is 41.3 Å². The third kappa shape index (κ3) is 4.04. The van der Waals surface area contributed by atoms with Crippen molar-refractivity contribution >= 4 is 27.7 Å². The van der Waals surface area contributed by atoms with E-state index in [2.05, 4.69) is 0 Å². The van der Waals surface area contributed by atoms with Gasteiger partial charge in [-0.2, -0.15) is 4.31 Å². The van der Waals surface area contributed by atoms with E-state index >= 15 is 0 Å². The smallest absolute Gasteiger partial charge is 0.255 e. The number of amides is 1. The van der Waals surface area contributed by atoms with Gasteiger partial charge in [0.25, 0.3) is 5.91 Å². The molecule has 2 aliphatic heterocycles. The fourth-order valence-corrected chi connectivity index (χ4v) is 8.31. The van der Waals surface area contributed by atoms with Crippen LogP contribution in [0.5, 0.6) is 5.75 Å². The number of thioether (sulfide) groups is 1. The number of methoxy groups -OCH3 is 1. The Balaban J connectivity index is 1.55. The van der Waals surface area contributed by atoms with Crippen molar-refractivity contribution in [1.29, 1.82) is 0 Å². The zero-order chi connectivity index (χ0) is 23.1. The van der Waals surface area contributed by atoms with Gasteiger partial charge < -0.3 is 9.64 Å². The Hall–Kier alpha value is -2.03. The van der Waals surface area contributed by atoms with Crippen LogP contribution >= 0.6 is 11.8 Å². The van der Waals surface area contributed by atoms with Gasteiger partial charge in [0.1, 0.15) is 5.75 Å². The first-order valence-electron chi connectivity index (χ1n) is 10.9. The van der Waals surface area contributed by atoms with Gasteiger partial charge >= 0.3 is 0 Å². The molecule has 0 atom stereocenters. The van der Waals surface area contributed by atoms with Gasteiger partial charge in [-0.25, -0.2) is 8.42 Å². The summed E-state index contributed by atoms with van der Waals surface area (Å²) in [6, 6.07) is 11.1. The molecule has 2 aromatic rings. The maximum atomic E-state index is 13.5.